The first-order valence-corrected chi connectivity index (χ1v) is 10.1. The Morgan fingerprint density at radius 3 is 2.62 bits per heavy atom. The van der Waals surface area contributed by atoms with Gasteiger partial charge in [0, 0.05) is 25.4 Å². The first-order valence-electron chi connectivity index (χ1n) is 10.1. The van der Waals surface area contributed by atoms with Gasteiger partial charge in [0.15, 0.2) is 5.65 Å². The number of rotatable bonds is 4. The van der Waals surface area contributed by atoms with Crippen molar-refractivity contribution in [1.82, 2.24) is 29.0 Å². The Labute approximate surface area is 181 Å². The molecule has 0 saturated carbocycles. The zero-order valence-corrected chi connectivity index (χ0v) is 17.3. The number of morpholine rings is 1. The molecule has 1 aromatic carbocycles. The molecule has 1 fully saturated rings. The zero-order chi connectivity index (χ0) is 22.4. The first kappa shape index (κ1) is 20.3. The Balaban J connectivity index is 1.59. The maximum atomic E-state index is 13.7. The van der Waals surface area contributed by atoms with Crippen LogP contribution in [-0.2, 0) is 17.8 Å². The lowest BCUT2D eigenvalue weighted by Crippen LogP contribution is -2.39. The number of ether oxygens (including phenoxy) is 1. The second kappa shape index (κ2) is 7.79. The fourth-order valence-electron chi connectivity index (χ4n) is 4.18. The molecule has 164 valence electrons. The van der Waals surface area contributed by atoms with Crippen molar-refractivity contribution in [3.05, 3.63) is 82.4 Å². The van der Waals surface area contributed by atoms with Gasteiger partial charge in [-0.05, 0) is 36.2 Å². The molecule has 3 aromatic heterocycles. The highest BCUT2D eigenvalue weighted by atomic mass is 19.1. The lowest BCUT2D eigenvalue weighted by Gasteiger charge is -2.32. The van der Waals surface area contributed by atoms with Gasteiger partial charge in [-0.3, -0.25) is 9.47 Å². The summed E-state index contributed by atoms with van der Waals surface area (Å²) in [7, 11) is 0. The van der Waals surface area contributed by atoms with E-state index in [4.69, 9.17) is 4.74 Å². The van der Waals surface area contributed by atoms with Crippen LogP contribution in [0.2, 0.25) is 0 Å². The van der Waals surface area contributed by atoms with Gasteiger partial charge in [0.2, 0.25) is 0 Å². The van der Waals surface area contributed by atoms with Gasteiger partial charge in [0.05, 0.1) is 18.5 Å². The predicted octanol–water partition coefficient (Wildman–Crippen LogP) is 2.50. The van der Waals surface area contributed by atoms with Crippen molar-refractivity contribution in [2.24, 2.45) is 0 Å². The quantitative estimate of drug-likeness (QED) is 0.487. The summed E-state index contributed by atoms with van der Waals surface area (Å²) in [5.74, 6) is -0.708. The molecule has 32 heavy (non-hydrogen) atoms. The van der Waals surface area contributed by atoms with Crippen LogP contribution in [0.25, 0.3) is 16.7 Å². The minimum absolute atomic E-state index is 0.0460. The van der Waals surface area contributed by atoms with Gasteiger partial charge in [0.1, 0.15) is 35.5 Å². The molecule has 1 aliphatic heterocycles. The molecular formula is C22H20F2N6O2. The van der Waals surface area contributed by atoms with Crippen LogP contribution >= 0.6 is 0 Å². The summed E-state index contributed by atoms with van der Waals surface area (Å²) in [5.41, 5.74) is 1.47. The number of nitrogens with zero attached hydrogens (tertiary/aromatic N) is 6. The summed E-state index contributed by atoms with van der Waals surface area (Å²) in [5, 5.41) is 4.65. The summed E-state index contributed by atoms with van der Waals surface area (Å²) >= 11 is 0. The van der Waals surface area contributed by atoms with E-state index >= 15 is 0 Å². The van der Waals surface area contributed by atoms with Crippen LogP contribution in [0.15, 0.2) is 53.9 Å². The number of halogens is 2. The average Bonchev–Trinajstić information content (AvgIpc) is 3.20. The maximum Gasteiger partial charge on any atom is 0.352 e. The van der Waals surface area contributed by atoms with Crippen LogP contribution in [0.4, 0.5) is 8.78 Å². The van der Waals surface area contributed by atoms with Gasteiger partial charge < -0.3 is 4.74 Å². The fraction of sp³-hybridized carbons (Fsp3) is 0.273. The molecular weight excluding hydrogens is 418 g/mol. The minimum atomic E-state index is -0.712. The Kier molecular flexibility index (Phi) is 4.93. The van der Waals surface area contributed by atoms with Gasteiger partial charge in [-0.15, -0.1) is 0 Å². The maximum absolute atomic E-state index is 13.7. The average molecular weight is 438 g/mol. The molecule has 1 aliphatic rings. The fourth-order valence-corrected chi connectivity index (χ4v) is 4.18. The molecule has 4 aromatic rings. The summed E-state index contributed by atoms with van der Waals surface area (Å²) in [6.45, 7) is 7.83. The molecule has 0 N–H and O–H groups in total. The van der Waals surface area contributed by atoms with Crippen LogP contribution in [0.3, 0.4) is 0 Å². The Morgan fingerprint density at radius 1 is 1.09 bits per heavy atom. The molecule has 8 nitrogen and oxygen atoms in total. The number of fused-ring (bicyclic) bond motifs is 3. The van der Waals surface area contributed by atoms with Gasteiger partial charge in [0.25, 0.3) is 0 Å². The molecule has 1 saturated heterocycles. The van der Waals surface area contributed by atoms with Crippen LogP contribution < -0.4 is 5.69 Å². The molecule has 0 spiro atoms. The molecule has 0 amide bonds. The highest BCUT2D eigenvalue weighted by Crippen LogP contribution is 2.21. The topological polar surface area (TPSA) is 77.6 Å². The minimum Gasteiger partial charge on any atom is -0.493 e. The number of hydrogen-bond acceptors (Lipinski definition) is 6. The van der Waals surface area contributed by atoms with Gasteiger partial charge in [-0.25, -0.2) is 23.5 Å². The van der Waals surface area contributed by atoms with Crippen molar-refractivity contribution >= 4 is 16.7 Å². The van der Waals surface area contributed by atoms with E-state index in [2.05, 4.69) is 26.5 Å². The Hall–Kier alpha value is -3.66. The number of pyridine rings is 1. The number of aromatic nitrogens is 5. The highest BCUT2D eigenvalue weighted by molar-refractivity contribution is 5.89. The van der Waals surface area contributed by atoms with Crippen LogP contribution in [0.1, 0.15) is 18.1 Å². The van der Waals surface area contributed by atoms with Crippen molar-refractivity contribution in [2.45, 2.75) is 26.1 Å². The van der Waals surface area contributed by atoms with Crippen molar-refractivity contribution in [2.75, 3.05) is 13.1 Å². The van der Waals surface area contributed by atoms with E-state index in [1.165, 1.54) is 27.5 Å². The Bertz CT molecular complexity index is 1390. The monoisotopic (exact) mass is 438 g/mol. The van der Waals surface area contributed by atoms with Gasteiger partial charge in [-0.2, -0.15) is 9.61 Å². The highest BCUT2D eigenvalue weighted by Gasteiger charge is 2.21. The lowest BCUT2D eigenvalue weighted by molar-refractivity contribution is 0.0308. The van der Waals surface area contributed by atoms with Crippen LogP contribution in [0, 0.1) is 11.6 Å². The third-order valence-corrected chi connectivity index (χ3v) is 5.33. The molecule has 0 unspecified atom stereocenters. The van der Waals surface area contributed by atoms with E-state index in [1.54, 1.807) is 6.20 Å². The van der Waals surface area contributed by atoms with Crippen molar-refractivity contribution in [3.63, 3.8) is 0 Å². The Morgan fingerprint density at radius 2 is 1.88 bits per heavy atom. The second-order valence-electron chi connectivity index (χ2n) is 7.99. The summed E-state index contributed by atoms with van der Waals surface area (Å²) < 4.78 is 35.5. The summed E-state index contributed by atoms with van der Waals surface area (Å²) in [6, 6.07) is 5.08. The van der Waals surface area contributed by atoms with E-state index in [1.807, 2.05) is 13.0 Å². The predicted molar refractivity (Wildman–Crippen MR) is 113 cm³/mol. The summed E-state index contributed by atoms with van der Waals surface area (Å²) in [6.07, 6.45) is 3.03. The molecule has 1 atom stereocenters. The van der Waals surface area contributed by atoms with E-state index in [-0.39, 0.29) is 12.6 Å². The molecule has 0 radical (unpaired) electrons. The van der Waals surface area contributed by atoms with Gasteiger partial charge >= 0.3 is 5.69 Å². The van der Waals surface area contributed by atoms with Crippen molar-refractivity contribution in [3.8, 4) is 0 Å². The normalized spacial score (nSPS) is 17.2. The van der Waals surface area contributed by atoms with Crippen molar-refractivity contribution < 1.29 is 13.5 Å². The SMILES string of the molecule is C=C1CN(Cc2cnc3c(c2)c2ncnn2c(=O)n3Cc2cc(F)cc(F)c2)C[C@@H](C)O1. The molecule has 0 bridgehead atoms. The largest absolute Gasteiger partial charge is 0.493 e. The molecule has 5 rings (SSSR count). The van der Waals surface area contributed by atoms with E-state index in [0.717, 1.165) is 18.2 Å². The van der Waals surface area contributed by atoms with Crippen LogP contribution in [-0.4, -0.2) is 48.2 Å². The van der Waals surface area contributed by atoms with Crippen LogP contribution in [0.5, 0.6) is 0 Å². The lowest BCUT2D eigenvalue weighted by atomic mass is 10.1. The molecule has 10 heteroatoms. The summed E-state index contributed by atoms with van der Waals surface area (Å²) in [4.78, 5) is 24.0. The third kappa shape index (κ3) is 3.73. The smallest absolute Gasteiger partial charge is 0.352 e. The van der Waals surface area contributed by atoms with E-state index < -0.39 is 17.3 Å². The van der Waals surface area contributed by atoms with Crippen molar-refractivity contribution in [1.29, 1.82) is 0 Å². The van der Waals surface area contributed by atoms with E-state index in [9.17, 15) is 13.6 Å². The molecule has 0 aliphatic carbocycles. The number of benzene rings is 1. The third-order valence-electron chi connectivity index (χ3n) is 5.33. The zero-order valence-electron chi connectivity index (χ0n) is 17.3. The second-order valence-corrected chi connectivity index (χ2v) is 7.99. The van der Waals surface area contributed by atoms with E-state index in [0.29, 0.717) is 41.1 Å². The standard InChI is InChI=1S/C22H20F2N6O2/c1-13-8-28(9-14(2)32-13)10-16-5-19-20(25-7-16)29(22(31)30-21(19)26-12-27-30)11-15-3-17(23)6-18(24)4-15/h3-7,12,14H,1,8-11H2,2H3/t14-/m1/s1. The van der Waals surface area contributed by atoms with Gasteiger partial charge in [-0.1, -0.05) is 6.58 Å². The number of hydrogen-bond donors (Lipinski definition) is 0. The molecule has 4 heterocycles. The first-order chi connectivity index (χ1) is 15.4.